The molecule has 0 radical (unpaired) electrons. The first-order valence-corrected chi connectivity index (χ1v) is 10.3. The van der Waals surface area contributed by atoms with Gasteiger partial charge in [0, 0.05) is 37.1 Å². The topological polar surface area (TPSA) is 133 Å². The first kappa shape index (κ1) is 23.6. The molecule has 0 spiro atoms. The van der Waals surface area contributed by atoms with Gasteiger partial charge < -0.3 is 30.7 Å². The number of nitrogens with one attached hydrogen (secondary N) is 3. The van der Waals surface area contributed by atoms with Gasteiger partial charge in [-0.3, -0.25) is 4.79 Å². The van der Waals surface area contributed by atoms with Gasteiger partial charge >= 0.3 is 12.2 Å². The van der Waals surface area contributed by atoms with Crippen molar-refractivity contribution in [1.82, 2.24) is 20.5 Å². The van der Waals surface area contributed by atoms with E-state index < -0.39 is 18.2 Å². The molecule has 1 aromatic heterocycles. The van der Waals surface area contributed by atoms with Crippen molar-refractivity contribution in [3.8, 4) is 11.1 Å². The molecule has 33 heavy (non-hydrogen) atoms. The van der Waals surface area contributed by atoms with Gasteiger partial charge in [0.15, 0.2) is 0 Å². The van der Waals surface area contributed by atoms with Crippen LogP contribution in [-0.2, 0) is 7.05 Å². The number of carboxylic acid groups (broad SMARTS) is 2. The van der Waals surface area contributed by atoms with E-state index in [-0.39, 0.29) is 24.8 Å². The van der Waals surface area contributed by atoms with Crippen LogP contribution in [0, 0.1) is 5.82 Å². The van der Waals surface area contributed by atoms with Crippen molar-refractivity contribution in [2.45, 2.75) is 18.9 Å². The van der Waals surface area contributed by atoms with Crippen LogP contribution in [0.4, 0.5) is 14.0 Å². The lowest BCUT2D eigenvalue weighted by Gasteiger charge is -2.17. The second kappa shape index (κ2) is 10.5. The van der Waals surface area contributed by atoms with E-state index in [1.165, 1.54) is 12.1 Å². The molecule has 174 valence electrons. The van der Waals surface area contributed by atoms with Gasteiger partial charge in [-0.05, 0) is 48.2 Å². The van der Waals surface area contributed by atoms with E-state index in [0.717, 1.165) is 22.0 Å². The normalized spacial score (nSPS) is 11.7. The third-order valence-electron chi connectivity index (χ3n) is 5.30. The van der Waals surface area contributed by atoms with Crippen molar-refractivity contribution >= 4 is 29.0 Å². The standard InChI is InChI=1S/C23H25FN4O5/c1-28-19-11-15(14-6-8-17(24)9-7-14)4-5-16(19)12-20(28)21(29)26-13-18(27-23(32)33)3-2-10-25-22(30)31/h4-9,11-12,18,25,27H,2-3,10,13H2,1H3,(H,26,29)(H,30,31)(H,32,33)/t18-/m0/s1. The van der Waals surface area contributed by atoms with Crippen molar-refractivity contribution in [2.24, 2.45) is 7.05 Å². The van der Waals surface area contributed by atoms with Gasteiger partial charge in [0.25, 0.3) is 5.91 Å². The van der Waals surface area contributed by atoms with E-state index in [1.54, 1.807) is 29.8 Å². The number of aromatic nitrogens is 1. The minimum absolute atomic E-state index is 0.0561. The molecule has 1 heterocycles. The highest BCUT2D eigenvalue weighted by Crippen LogP contribution is 2.26. The summed E-state index contributed by atoms with van der Waals surface area (Å²) in [6.45, 7) is 0.237. The van der Waals surface area contributed by atoms with E-state index in [0.29, 0.717) is 18.5 Å². The number of carbonyl (C=O) groups is 3. The Bertz CT molecular complexity index is 1160. The molecule has 5 N–H and O–H groups in total. The van der Waals surface area contributed by atoms with Gasteiger partial charge in [-0.1, -0.05) is 24.3 Å². The Kier molecular flexibility index (Phi) is 7.50. The molecule has 0 saturated heterocycles. The molecular formula is C23H25FN4O5. The fourth-order valence-corrected chi connectivity index (χ4v) is 3.62. The number of fused-ring (bicyclic) bond motifs is 1. The summed E-state index contributed by atoms with van der Waals surface area (Å²) < 4.78 is 15.0. The summed E-state index contributed by atoms with van der Waals surface area (Å²) in [6.07, 6.45) is -1.61. The summed E-state index contributed by atoms with van der Waals surface area (Å²) in [5, 5.41) is 25.8. The minimum atomic E-state index is -1.22. The Morgan fingerprint density at radius 1 is 0.970 bits per heavy atom. The monoisotopic (exact) mass is 456 g/mol. The fourth-order valence-electron chi connectivity index (χ4n) is 3.62. The van der Waals surface area contributed by atoms with Gasteiger partial charge in [0.2, 0.25) is 0 Å². The maximum absolute atomic E-state index is 13.2. The predicted molar refractivity (Wildman–Crippen MR) is 121 cm³/mol. The van der Waals surface area contributed by atoms with Crippen LogP contribution >= 0.6 is 0 Å². The molecule has 10 heteroatoms. The molecule has 0 aliphatic rings. The SMILES string of the molecule is Cn1c(C(=O)NC[C@H](CCCNC(=O)O)NC(=O)O)cc2ccc(-c3ccc(F)cc3)cc21. The maximum atomic E-state index is 13.2. The Morgan fingerprint density at radius 2 is 1.67 bits per heavy atom. The number of carbonyl (C=O) groups excluding carboxylic acids is 1. The number of halogens is 1. The van der Waals surface area contributed by atoms with Crippen LogP contribution in [0.5, 0.6) is 0 Å². The average Bonchev–Trinajstić information content (AvgIpc) is 3.10. The van der Waals surface area contributed by atoms with Crippen molar-refractivity contribution < 1.29 is 29.0 Å². The quantitative estimate of drug-likeness (QED) is 0.315. The first-order valence-electron chi connectivity index (χ1n) is 10.3. The molecule has 3 rings (SSSR count). The minimum Gasteiger partial charge on any atom is -0.465 e. The average molecular weight is 456 g/mol. The van der Waals surface area contributed by atoms with E-state index in [1.807, 2.05) is 18.2 Å². The number of rotatable bonds is 9. The lowest BCUT2D eigenvalue weighted by Crippen LogP contribution is -2.43. The zero-order valence-corrected chi connectivity index (χ0v) is 18.0. The van der Waals surface area contributed by atoms with Crippen LogP contribution in [0.15, 0.2) is 48.5 Å². The molecule has 0 unspecified atom stereocenters. The molecule has 1 atom stereocenters. The van der Waals surface area contributed by atoms with Gasteiger partial charge in [-0.25, -0.2) is 14.0 Å². The summed E-state index contributed by atoms with van der Waals surface area (Å²) in [4.78, 5) is 34.4. The van der Waals surface area contributed by atoms with Gasteiger partial charge in [0.05, 0.1) is 0 Å². The molecular weight excluding hydrogens is 431 g/mol. The summed E-state index contributed by atoms with van der Waals surface area (Å²) in [5.41, 5.74) is 2.96. The third kappa shape index (κ3) is 6.22. The van der Waals surface area contributed by atoms with Crippen LogP contribution in [0.2, 0.25) is 0 Å². The Morgan fingerprint density at radius 3 is 2.33 bits per heavy atom. The highest BCUT2D eigenvalue weighted by molar-refractivity contribution is 5.99. The van der Waals surface area contributed by atoms with Crippen LogP contribution in [0.3, 0.4) is 0 Å². The van der Waals surface area contributed by atoms with Crippen molar-refractivity contribution in [3.63, 3.8) is 0 Å². The fraction of sp³-hybridized carbons (Fsp3) is 0.261. The predicted octanol–water partition coefficient (Wildman–Crippen LogP) is 3.40. The molecule has 0 saturated carbocycles. The van der Waals surface area contributed by atoms with Crippen LogP contribution in [-0.4, -0.2) is 52.0 Å². The first-order chi connectivity index (χ1) is 15.7. The molecule has 0 bridgehead atoms. The molecule has 2 aromatic carbocycles. The van der Waals surface area contributed by atoms with Crippen LogP contribution in [0.25, 0.3) is 22.0 Å². The van der Waals surface area contributed by atoms with Crippen molar-refractivity contribution in [3.05, 3.63) is 60.0 Å². The maximum Gasteiger partial charge on any atom is 0.404 e. The molecule has 3 amide bonds. The Balaban J connectivity index is 1.70. The zero-order chi connectivity index (χ0) is 24.0. The highest BCUT2D eigenvalue weighted by Gasteiger charge is 2.17. The summed E-state index contributed by atoms with van der Waals surface area (Å²) in [5.74, 6) is -0.677. The van der Waals surface area contributed by atoms with E-state index >= 15 is 0 Å². The number of aryl methyl sites for hydroxylation is 1. The Hall–Kier alpha value is -4.08. The van der Waals surface area contributed by atoms with E-state index in [9.17, 15) is 18.8 Å². The lowest BCUT2D eigenvalue weighted by atomic mass is 10.0. The van der Waals surface area contributed by atoms with Gasteiger partial charge in [0.1, 0.15) is 11.5 Å². The number of benzene rings is 2. The molecule has 0 aliphatic heterocycles. The number of nitrogens with zero attached hydrogens (tertiary/aromatic N) is 1. The summed E-state index contributed by atoms with van der Waals surface area (Å²) in [7, 11) is 1.76. The van der Waals surface area contributed by atoms with Crippen LogP contribution in [0.1, 0.15) is 23.3 Å². The molecule has 9 nitrogen and oxygen atoms in total. The van der Waals surface area contributed by atoms with Gasteiger partial charge in [-0.15, -0.1) is 0 Å². The van der Waals surface area contributed by atoms with Crippen LogP contribution < -0.4 is 16.0 Å². The number of hydrogen-bond acceptors (Lipinski definition) is 3. The lowest BCUT2D eigenvalue weighted by molar-refractivity contribution is 0.0939. The summed E-state index contributed by atoms with van der Waals surface area (Å²) >= 11 is 0. The van der Waals surface area contributed by atoms with Crippen molar-refractivity contribution in [2.75, 3.05) is 13.1 Å². The third-order valence-corrected chi connectivity index (χ3v) is 5.30. The zero-order valence-electron chi connectivity index (χ0n) is 18.0. The second-order valence-electron chi connectivity index (χ2n) is 7.60. The van der Waals surface area contributed by atoms with Crippen molar-refractivity contribution in [1.29, 1.82) is 0 Å². The summed E-state index contributed by atoms with van der Waals surface area (Å²) in [6, 6.07) is 13.0. The van der Waals surface area contributed by atoms with E-state index in [2.05, 4.69) is 16.0 Å². The smallest absolute Gasteiger partial charge is 0.404 e. The number of amides is 3. The second-order valence-corrected chi connectivity index (χ2v) is 7.60. The number of hydrogen-bond donors (Lipinski definition) is 5. The van der Waals surface area contributed by atoms with Gasteiger partial charge in [-0.2, -0.15) is 0 Å². The Labute approximate surface area is 189 Å². The molecule has 0 aliphatic carbocycles. The molecule has 0 fully saturated rings. The van der Waals surface area contributed by atoms with E-state index in [4.69, 9.17) is 10.2 Å². The largest absolute Gasteiger partial charge is 0.465 e. The molecule has 3 aromatic rings. The highest BCUT2D eigenvalue weighted by atomic mass is 19.1.